The van der Waals surface area contributed by atoms with Crippen LogP contribution in [0.5, 0.6) is 0 Å². The van der Waals surface area contributed by atoms with Crippen molar-refractivity contribution in [2.24, 2.45) is 0 Å². The van der Waals surface area contributed by atoms with Gasteiger partial charge < -0.3 is 15.1 Å². The van der Waals surface area contributed by atoms with Crippen LogP contribution in [0.25, 0.3) is 11.6 Å². The van der Waals surface area contributed by atoms with Crippen LogP contribution in [0.4, 0.5) is 5.69 Å². The van der Waals surface area contributed by atoms with Gasteiger partial charge in [0.1, 0.15) is 11.6 Å². The molecule has 10 heteroatoms. The van der Waals surface area contributed by atoms with Gasteiger partial charge in [0, 0.05) is 24.6 Å². The minimum atomic E-state index is -0.268. The van der Waals surface area contributed by atoms with Crippen LogP contribution in [0, 0.1) is 6.92 Å². The van der Waals surface area contributed by atoms with Gasteiger partial charge in [-0.2, -0.15) is 5.10 Å². The Bertz CT molecular complexity index is 1260. The lowest BCUT2D eigenvalue weighted by Crippen LogP contribution is -2.25. The molecule has 0 saturated heterocycles. The zero-order chi connectivity index (χ0) is 23.2. The fraction of sp³-hybridized carbons (Fsp3) is 0.174. The van der Waals surface area contributed by atoms with Crippen molar-refractivity contribution in [3.63, 3.8) is 0 Å². The van der Waals surface area contributed by atoms with Crippen LogP contribution in [-0.2, 0) is 17.9 Å². The molecule has 3 heterocycles. The van der Waals surface area contributed by atoms with Crippen molar-refractivity contribution in [1.82, 2.24) is 25.1 Å². The molecule has 0 aliphatic heterocycles. The Morgan fingerprint density at radius 3 is 2.76 bits per heavy atom. The van der Waals surface area contributed by atoms with E-state index < -0.39 is 0 Å². The van der Waals surface area contributed by atoms with Crippen LogP contribution in [0.3, 0.4) is 0 Å². The fourth-order valence-electron chi connectivity index (χ4n) is 3.24. The second-order valence-corrected chi connectivity index (χ2v) is 7.92. The van der Waals surface area contributed by atoms with Gasteiger partial charge in [0.15, 0.2) is 11.6 Å². The molecule has 0 unspecified atom stereocenters. The summed E-state index contributed by atoms with van der Waals surface area (Å²) in [5.41, 5.74) is 2.49. The first-order chi connectivity index (χ1) is 16.0. The maximum atomic E-state index is 12.9. The zero-order valence-electron chi connectivity index (χ0n) is 18.1. The third-order valence-corrected chi connectivity index (χ3v) is 5.43. The quantitative estimate of drug-likeness (QED) is 0.304. The normalized spacial score (nSPS) is 10.7. The van der Waals surface area contributed by atoms with Crippen molar-refractivity contribution < 1.29 is 14.0 Å². The summed E-state index contributed by atoms with van der Waals surface area (Å²) in [6.07, 6.45) is 6.76. The van der Waals surface area contributed by atoms with Gasteiger partial charge >= 0.3 is 0 Å². The van der Waals surface area contributed by atoms with E-state index in [0.717, 1.165) is 5.56 Å². The molecule has 1 aromatic carbocycles. The third-order valence-electron chi connectivity index (χ3n) is 4.75. The smallest absolute Gasteiger partial charge is 0.256 e. The van der Waals surface area contributed by atoms with Gasteiger partial charge in [-0.15, -0.1) is 11.8 Å². The minimum Gasteiger partial charge on any atom is -0.461 e. The monoisotopic (exact) mass is 462 g/mol. The predicted molar refractivity (Wildman–Crippen MR) is 125 cm³/mol. The number of carbonyl (C=O) groups is 2. The summed E-state index contributed by atoms with van der Waals surface area (Å²) in [6, 6.07) is 12.6. The topological polar surface area (TPSA) is 115 Å². The third kappa shape index (κ3) is 5.47. The number of nitrogens with one attached hydrogen (secondary N) is 2. The van der Waals surface area contributed by atoms with Crippen LogP contribution in [0.2, 0.25) is 0 Å². The van der Waals surface area contributed by atoms with Crippen molar-refractivity contribution >= 4 is 29.3 Å². The highest BCUT2D eigenvalue weighted by Crippen LogP contribution is 2.25. The fourth-order valence-corrected chi connectivity index (χ4v) is 3.87. The molecule has 4 rings (SSSR count). The lowest BCUT2D eigenvalue weighted by Gasteiger charge is -2.12. The van der Waals surface area contributed by atoms with E-state index in [1.54, 1.807) is 54.5 Å². The van der Waals surface area contributed by atoms with E-state index in [9.17, 15) is 9.59 Å². The standard InChI is InChI=1S/C23H22N6O3S/c1-15-20(23(33-2)28-21(26-15)18-8-4-11-32-18)22(31)24-13-16-6-3-7-17(12-16)27-19(30)14-29-10-5-9-25-29/h3-12H,13-14H2,1-2H3,(H,24,31)(H,27,30). The highest BCUT2D eigenvalue weighted by molar-refractivity contribution is 7.98. The van der Waals surface area contributed by atoms with Gasteiger partial charge in [-0.25, -0.2) is 9.97 Å². The summed E-state index contributed by atoms with van der Waals surface area (Å²) in [6.45, 7) is 2.19. The first-order valence-electron chi connectivity index (χ1n) is 10.1. The molecule has 2 N–H and O–H groups in total. The summed E-state index contributed by atoms with van der Waals surface area (Å²) >= 11 is 1.37. The summed E-state index contributed by atoms with van der Waals surface area (Å²) in [5, 5.41) is 10.4. The van der Waals surface area contributed by atoms with Crippen LogP contribution in [0.1, 0.15) is 21.6 Å². The summed E-state index contributed by atoms with van der Waals surface area (Å²) < 4.78 is 6.92. The Morgan fingerprint density at radius 2 is 2.03 bits per heavy atom. The lowest BCUT2D eigenvalue weighted by molar-refractivity contribution is -0.116. The highest BCUT2D eigenvalue weighted by atomic mass is 32.2. The molecule has 0 aliphatic rings. The number of aromatic nitrogens is 4. The van der Waals surface area contributed by atoms with E-state index in [1.165, 1.54) is 11.8 Å². The molecule has 0 saturated carbocycles. The Balaban J connectivity index is 1.42. The number of thioether (sulfide) groups is 1. The molecule has 2 amide bonds. The van der Waals surface area contributed by atoms with Crippen LogP contribution >= 0.6 is 11.8 Å². The molecule has 3 aromatic heterocycles. The summed E-state index contributed by atoms with van der Waals surface area (Å²) in [5.74, 6) is 0.536. The van der Waals surface area contributed by atoms with Crippen molar-refractivity contribution in [3.8, 4) is 11.6 Å². The summed E-state index contributed by atoms with van der Waals surface area (Å²) in [7, 11) is 0. The Labute approximate surface area is 194 Å². The lowest BCUT2D eigenvalue weighted by atomic mass is 10.1. The predicted octanol–water partition coefficient (Wildman–Crippen LogP) is 3.53. The van der Waals surface area contributed by atoms with Gasteiger partial charge in [0.05, 0.1) is 17.5 Å². The van der Waals surface area contributed by atoms with E-state index in [4.69, 9.17) is 4.42 Å². The first-order valence-corrected chi connectivity index (χ1v) is 11.4. The number of anilines is 1. The average Bonchev–Trinajstić information content (AvgIpc) is 3.51. The van der Waals surface area contributed by atoms with E-state index in [-0.39, 0.29) is 24.9 Å². The van der Waals surface area contributed by atoms with E-state index in [1.807, 2.05) is 24.5 Å². The number of hydrogen-bond donors (Lipinski definition) is 2. The molecule has 9 nitrogen and oxygen atoms in total. The number of aryl methyl sites for hydroxylation is 1. The van der Waals surface area contributed by atoms with Gasteiger partial charge in [0.2, 0.25) is 5.91 Å². The molecular weight excluding hydrogens is 440 g/mol. The van der Waals surface area contributed by atoms with Gasteiger partial charge in [-0.3, -0.25) is 14.3 Å². The molecule has 0 aliphatic carbocycles. The Kier molecular flexibility index (Phi) is 6.84. The second-order valence-electron chi connectivity index (χ2n) is 7.13. The van der Waals surface area contributed by atoms with Crippen LogP contribution < -0.4 is 10.6 Å². The SMILES string of the molecule is CSc1nc(-c2ccco2)nc(C)c1C(=O)NCc1cccc(NC(=O)Cn2cccn2)c1. The number of nitrogens with zero attached hydrogens (tertiary/aromatic N) is 4. The Hall–Kier alpha value is -3.92. The second kappa shape index (κ2) is 10.1. The molecule has 0 spiro atoms. The number of benzene rings is 1. The van der Waals surface area contributed by atoms with Crippen LogP contribution in [-0.4, -0.2) is 37.8 Å². The minimum absolute atomic E-state index is 0.124. The van der Waals surface area contributed by atoms with Crippen molar-refractivity contribution in [2.75, 3.05) is 11.6 Å². The van der Waals surface area contributed by atoms with Crippen molar-refractivity contribution in [2.45, 2.75) is 25.0 Å². The van der Waals surface area contributed by atoms with Crippen LogP contribution in [0.15, 0.2) is 70.6 Å². The van der Waals surface area contributed by atoms with Crippen molar-refractivity contribution in [1.29, 1.82) is 0 Å². The number of furan rings is 1. The zero-order valence-corrected chi connectivity index (χ0v) is 18.9. The van der Waals surface area contributed by atoms with Gasteiger partial charge in [0.25, 0.3) is 5.91 Å². The molecule has 168 valence electrons. The molecular formula is C23H22N6O3S. The number of rotatable bonds is 8. The number of carbonyl (C=O) groups excluding carboxylic acids is 2. The van der Waals surface area contributed by atoms with Gasteiger partial charge in [-0.1, -0.05) is 12.1 Å². The highest BCUT2D eigenvalue weighted by Gasteiger charge is 2.19. The van der Waals surface area contributed by atoms with E-state index in [0.29, 0.717) is 33.6 Å². The van der Waals surface area contributed by atoms with E-state index in [2.05, 4.69) is 25.7 Å². The average molecular weight is 463 g/mol. The maximum absolute atomic E-state index is 12.9. The molecule has 4 aromatic rings. The maximum Gasteiger partial charge on any atom is 0.256 e. The summed E-state index contributed by atoms with van der Waals surface area (Å²) in [4.78, 5) is 34.1. The largest absolute Gasteiger partial charge is 0.461 e. The molecule has 0 atom stereocenters. The van der Waals surface area contributed by atoms with Crippen molar-refractivity contribution in [3.05, 3.63) is 77.9 Å². The number of amides is 2. The number of hydrogen-bond acceptors (Lipinski definition) is 7. The van der Waals surface area contributed by atoms with Gasteiger partial charge in [-0.05, 0) is 49.1 Å². The van der Waals surface area contributed by atoms with E-state index >= 15 is 0 Å². The molecule has 0 fully saturated rings. The molecule has 0 radical (unpaired) electrons. The molecule has 0 bridgehead atoms. The molecule has 33 heavy (non-hydrogen) atoms. The Morgan fingerprint density at radius 1 is 1.15 bits per heavy atom. The first kappa shape index (κ1) is 22.3.